The fraction of sp³-hybridized carbons (Fsp3) is 0.562. The summed E-state index contributed by atoms with van der Waals surface area (Å²) in [5.41, 5.74) is 0.796. The maximum Gasteiger partial charge on any atom is 0.292 e. The smallest absolute Gasteiger partial charge is 0.292 e. The van der Waals surface area contributed by atoms with Crippen molar-refractivity contribution in [3.63, 3.8) is 0 Å². The summed E-state index contributed by atoms with van der Waals surface area (Å²) >= 11 is 0. The van der Waals surface area contributed by atoms with Gasteiger partial charge in [0.1, 0.15) is 5.69 Å². The van der Waals surface area contributed by atoms with Gasteiger partial charge in [-0.25, -0.2) is 0 Å². The van der Waals surface area contributed by atoms with E-state index < -0.39 is 0 Å². The molecule has 0 unspecified atom stereocenters. The minimum Gasteiger partial charge on any atom is -0.366 e. The molecule has 1 aromatic carbocycles. The molecule has 2 fully saturated rings. The third-order valence-corrected chi connectivity index (χ3v) is 4.69. The highest BCUT2D eigenvalue weighted by atomic mass is 35.5. The monoisotopic (exact) mass is 354 g/mol. The number of hydrogen-bond acceptors (Lipinski definition) is 5. The summed E-state index contributed by atoms with van der Waals surface area (Å²) in [4.78, 5) is 27.3. The lowest BCUT2D eigenvalue weighted by Crippen LogP contribution is -2.50. The molecule has 1 amide bonds. The van der Waals surface area contributed by atoms with Crippen LogP contribution in [0.1, 0.15) is 12.8 Å². The quantitative estimate of drug-likeness (QED) is 0.659. The van der Waals surface area contributed by atoms with Gasteiger partial charge in [0, 0.05) is 51.3 Å². The summed E-state index contributed by atoms with van der Waals surface area (Å²) in [5.74, 6) is 0.292. The maximum absolute atomic E-state index is 12.5. The summed E-state index contributed by atoms with van der Waals surface area (Å²) < 4.78 is 0. The van der Waals surface area contributed by atoms with Crippen molar-refractivity contribution in [3.05, 3.63) is 34.4 Å². The number of rotatable bonds is 3. The van der Waals surface area contributed by atoms with Gasteiger partial charge in [0.2, 0.25) is 5.91 Å². The first-order valence-electron chi connectivity index (χ1n) is 8.14. The highest BCUT2D eigenvalue weighted by Gasteiger charge is 2.30. The second-order valence-corrected chi connectivity index (χ2v) is 6.08. The fourth-order valence-corrected chi connectivity index (χ4v) is 3.40. The molecule has 132 valence electrons. The van der Waals surface area contributed by atoms with Gasteiger partial charge in [0.15, 0.2) is 0 Å². The molecule has 1 N–H and O–H groups in total. The van der Waals surface area contributed by atoms with Crippen LogP contribution in [0.4, 0.5) is 11.4 Å². The lowest BCUT2D eigenvalue weighted by Gasteiger charge is -2.36. The van der Waals surface area contributed by atoms with Crippen molar-refractivity contribution >= 4 is 29.7 Å². The Bertz CT molecular complexity index is 584. The van der Waals surface area contributed by atoms with Crippen LogP contribution in [0.25, 0.3) is 0 Å². The topological polar surface area (TPSA) is 78.7 Å². The molecule has 2 aliphatic rings. The van der Waals surface area contributed by atoms with Crippen LogP contribution in [0.15, 0.2) is 24.3 Å². The number of benzene rings is 1. The van der Waals surface area contributed by atoms with Crippen LogP contribution in [0.3, 0.4) is 0 Å². The molecule has 0 atom stereocenters. The van der Waals surface area contributed by atoms with Crippen molar-refractivity contribution in [2.24, 2.45) is 5.92 Å². The molecular formula is C16H23ClN4O3. The molecule has 0 saturated carbocycles. The van der Waals surface area contributed by atoms with Gasteiger partial charge in [-0.3, -0.25) is 14.9 Å². The average Bonchev–Trinajstić information content (AvgIpc) is 2.62. The van der Waals surface area contributed by atoms with E-state index in [-0.39, 0.29) is 34.8 Å². The summed E-state index contributed by atoms with van der Waals surface area (Å²) in [6.45, 7) is 4.66. The van der Waals surface area contributed by atoms with E-state index in [2.05, 4.69) is 5.32 Å². The highest BCUT2D eigenvalue weighted by molar-refractivity contribution is 5.85. The SMILES string of the molecule is Cl.O=C(C1CCN(c2ccccc2[N+](=O)[O-])CC1)N1CCNCC1. The van der Waals surface area contributed by atoms with Gasteiger partial charge in [-0.15, -0.1) is 12.4 Å². The fourth-order valence-electron chi connectivity index (χ4n) is 3.40. The Morgan fingerprint density at radius 3 is 2.38 bits per heavy atom. The summed E-state index contributed by atoms with van der Waals surface area (Å²) in [6, 6.07) is 6.83. The van der Waals surface area contributed by atoms with Crippen molar-refractivity contribution in [2.45, 2.75) is 12.8 Å². The van der Waals surface area contributed by atoms with Gasteiger partial charge in [-0.05, 0) is 18.9 Å². The van der Waals surface area contributed by atoms with Crippen LogP contribution >= 0.6 is 12.4 Å². The molecule has 3 rings (SSSR count). The predicted molar refractivity (Wildman–Crippen MR) is 94.7 cm³/mol. The van der Waals surface area contributed by atoms with E-state index in [1.807, 2.05) is 15.9 Å². The molecule has 2 aliphatic heterocycles. The Labute approximate surface area is 147 Å². The normalized spacial score (nSPS) is 18.8. The number of nitrogens with one attached hydrogen (secondary N) is 1. The van der Waals surface area contributed by atoms with Crippen LogP contribution in [0.5, 0.6) is 0 Å². The molecule has 2 saturated heterocycles. The van der Waals surface area contributed by atoms with E-state index in [9.17, 15) is 14.9 Å². The second kappa shape index (κ2) is 8.30. The number of para-hydroxylation sites is 2. The summed E-state index contributed by atoms with van der Waals surface area (Å²) in [7, 11) is 0. The second-order valence-electron chi connectivity index (χ2n) is 6.08. The van der Waals surface area contributed by atoms with Crippen molar-refractivity contribution in [1.29, 1.82) is 0 Å². The number of carbonyl (C=O) groups is 1. The average molecular weight is 355 g/mol. The number of halogens is 1. The third kappa shape index (κ3) is 3.96. The van der Waals surface area contributed by atoms with Crippen molar-refractivity contribution in [2.75, 3.05) is 44.2 Å². The molecule has 0 radical (unpaired) electrons. The minimum atomic E-state index is -0.340. The zero-order valence-corrected chi connectivity index (χ0v) is 14.3. The maximum atomic E-state index is 12.5. The van der Waals surface area contributed by atoms with Gasteiger partial charge in [-0.2, -0.15) is 0 Å². The number of carbonyl (C=O) groups excluding carboxylic acids is 1. The number of hydrogen-bond donors (Lipinski definition) is 1. The van der Waals surface area contributed by atoms with Crippen LogP contribution in [0, 0.1) is 16.0 Å². The predicted octanol–water partition coefficient (Wildman–Crippen LogP) is 1.66. The van der Waals surface area contributed by atoms with E-state index in [0.29, 0.717) is 18.8 Å². The summed E-state index contributed by atoms with van der Waals surface area (Å²) in [5, 5.41) is 14.4. The molecule has 8 heteroatoms. The highest BCUT2D eigenvalue weighted by Crippen LogP contribution is 2.31. The molecular weight excluding hydrogens is 332 g/mol. The van der Waals surface area contributed by atoms with E-state index in [1.54, 1.807) is 12.1 Å². The first-order valence-corrected chi connectivity index (χ1v) is 8.14. The number of piperidine rings is 1. The Kier molecular flexibility index (Phi) is 6.39. The Hall–Kier alpha value is -1.86. The molecule has 0 bridgehead atoms. The number of anilines is 1. The van der Waals surface area contributed by atoms with Crippen LogP contribution in [-0.4, -0.2) is 55.0 Å². The van der Waals surface area contributed by atoms with Gasteiger partial charge < -0.3 is 15.1 Å². The molecule has 2 heterocycles. The molecule has 24 heavy (non-hydrogen) atoms. The minimum absolute atomic E-state index is 0. The van der Waals surface area contributed by atoms with Crippen molar-refractivity contribution < 1.29 is 9.72 Å². The lowest BCUT2D eigenvalue weighted by atomic mass is 9.94. The van der Waals surface area contributed by atoms with Gasteiger partial charge in [0.05, 0.1) is 4.92 Å². The molecule has 7 nitrogen and oxygen atoms in total. The Morgan fingerprint density at radius 1 is 1.12 bits per heavy atom. The van der Waals surface area contributed by atoms with E-state index >= 15 is 0 Å². The number of nitrogens with zero attached hydrogens (tertiary/aromatic N) is 3. The third-order valence-electron chi connectivity index (χ3n) is 4.69. The molecule has 0 aromatic heterocycles. The van der Waals surface area contributed by atoms with E-state index in [0.717, 1.165) is 39.0 Å². The standard InChI is InChI=1S/C16H22N4O3.ClH/c21-16(19-11-7-17-8-12-19)13-5-9-18(10-6-13)14-3-1-2-4-15(14)20(22)23;/h1-4,13,17H,5-12H2;1H. The van der Waals surface area contributed by atoms with Crippen LogP contribution < -0.4 is 10.2 Å². The molecule has 0 spiro atoms. The first-order chi connectivity index (χ1) is 11.2. The van der Waals surface area contributed by atoms with E-state index in [4.69, 9.17) is 0 Å². The van der Waals surface area contributed by atoms with Crippen molar-refractivity contribution in [3.8, 4) is 0 Å². The number of nitro groups is 1. The lowest BCUT2D eigenvalue weighted by molar-refractivity contribution is -0.384. The molecule has 1 aromatic rings. The van der Waals surface area contributed by atoms with Gasteiger partial charge >= 0.3 is 0 Å². The van der Waals surface area contributed by atoms with Crippen LogP contribution in [0.2, 0.25) is 0 Å². The van der Waals surface area contributed by atoms with Gasteiger partial charge in [-0.1, -0.05) is 12.1 Å². The zero-order chi connectivity index (χ0) is 16.2. The van der Waals surface area contributed by atoms with Crippen molar-refractivity contribution in [1.82, 2.24) is 10.2 Å². The largest absolute Gasteiger partial charge is 0.366 e. The number of piperazine rings is 1. The molecule has 0 aliphatic carbocycles. The number of nitro benzene ring substituents is 1. The van der Waals surface area contributed by atoms with Crippen LogP contribution in [-0.2, 0) is 4.79 Å². The van der Waals surface area contributed by atoms with Gasteiger partial charge in [0.25, 0.3) is 5.69 Å². The Morgan fingerprint density at radius 2 is 1.75 bits per heavy atom. The summed E-state index contributed by atoms with van der Waals surface area (Å²) in [6.07, 6.45) is 1.52. The first kappa shape index (κ1) is 18.5. The number of amides is 1. The Balaban J connectivity index is 0.00000208. The van der Waals surface area contributed by atoms with E-state index in [1.165, 1.54) is 6.07 Å². The zero-order valence-electron chi connectivity index (χ0n) is 13.5.